The fraction of sp³-hybridized carbons (Fsp3) is 0. The Morgan fingerprint density at radius 2 is 1.06 bits per heavy atom. The largest absolute Gasteiger partial charge is 0.455 e. The van der Waals surface area contributed by atoms with Crippen LogP contribution in [0.25, 0.3) is 65.7 Å². The summed E-state index contributed by atoms with van der Waals surface area (Å²) < 4.78 is 110. The number of hydrogen-bond acceptors (Lipinski definition) is 1. The van der Waals surface area contributed by atoms with Crippen molar-refractivity contribution in [2.75, 3.05) is 0 Å². The number of rotatable bonds is 2. The SMILES string of the molecule is [2H]c1c([2H])c([2H])c2c(oc3c(-c4c5c([2H])c([2H])c([2H])c([2H])c5c(-c5ccccc5)c5c([2H])c([2H])c([2H])c([2H])c45)cccc32)c1[2H]. The maximum absolute atomic E-state index is 9.09. The molecule has 7 aromatic rings. The molecule has 7 rings (SSSR count). The molecule has 0 amide bonds. The summed E-state index contributed by atoms with van der Waals surface area (Å²) in [4.78, 5) is 0. The van der Waals surface area contributed by atoms with Crippen LogP contribution in [0.3, 0.4) is 0 Å². The summed E-state index contributed by atoms with van der Waals surface area (Å²) in [6, 6.07) is 8.04. The molecule has 0 aliphatic carbocycles. The van der Waals surface area contributed by atoms with Crippen LogP contribution in [0.4, 0.5) is 0 Å². The van der Waals surface area contributed by atoms with Gasteiger partial charge in [0.25, 0.3) is 0 Å². The highest BCUT2D eigenvalue weighted by atomic mass is 16.3. The molecule has 1 heterocycles. The van der Waals surface area contributed by atoms with E-state index in [1.54, 1.807) is 48.5 Å². The fourth-order valence-corrected chi connectivity index (χ4v) is 4.50. The lowest BCUT2D eigenvalue weighted by Crippen LogP contribution is -1.90. The van der Waals surface area contributed by atoms with E-state index in [-0.39, 0.29) is 60.8 Å². The molecule has 0 fully saturated rings. The van der Waals surface area contributed by atoms with Gasteiger partial charge in [-0.1, -0.05) is 115 Å². The van der Waals surface area contributed by atoms with E-state index in [0.717, 1.165) is 0 Å². The highest BCUT2D eigenvalue weighted by molar-refractivity contribution is 6.24. The topological polar surface area (TPSA) is 13.1 Å². The summed E-state index contributed by atoms with van der Waals surface area (Å²) in [5.74, 6) is 0. The highest BCUT2D eigenvalue weighted by Crippen LogP contribution is 2.46. The molecular formula is C32H20O. The Balaban J connectivity index is 1.85. The van der Waals surface area contributed by atoms with Crippen molar-refractivity contribution in [3.05, 3.63) is 121 Å². The van der Waals surface area contributed by atoms with Crippen LogP contribution in [-0.4, -0.2) is 0 Å². The Hall–Kier alpha value is -4.36. The summed E-state index contributed by atoms with van der Waals surface area (Å²) in [5, 5.41) is 0.546. The first-order valence-electron chi connectivity index (χ1n) is 16.3. The first-order chi connectivity index (χ1) is 21.4. The van der Waals surface area contributed by atoms with Gasteiger partial charge in [-0.25, -0.2) is 0 Å². The summed E-state index contributed by atoms with van der Waals surface area (Å²) in [6.07, 6.45) is 0. The van der Waals surface area contributed by atoms with Crippen LogP contribution in [-0.2, 0) is 0 Å². The molecule has 0 radical (unpaired) electrons. The van der Waals surface area contributed by atoms with Gasteiger partial charge in [0.05, 0.1) is 16.4 Å². The van der Waals surface area contributed by atoms with E-state index < -0.39 is 66.5 Å². The quantitative estimate of drug-likeness (QED) is 0.248. The second-order valence-corrected chi connectivity index (χ2v) is 7.60. The van der Waals surface area contributed by atoms with E-state index in [1.165, 1.54) is 0 Å². The standard InChI is InChI=1S/C32H20O/c1-2-11-21(12-3-1)30-23-14-4-6-16-25(23)31(26-17-7-5-15-24(26)30)28-19-10-18-27-22-13-8-9-20-29(22)33-32(27)28/h1-20H/i4D,5D,6D,7D,8D,9D,13D,14D,15D,16D,17D,20D. The van der Waals surface area contributed by atoms with Crippen LogP contribution in [0, 0.1) is 0 Å². The van der Waals surface area contributed by atoms with Crippen molar-refractivity contribution < 1.29 is 20.9 Å². The third-order valence-corrected chi connectivity index (χ3v) is 5.85. The van der Waals surface area contributed by atoms with Gasteiger partial charge in [-0.15, -0.1) is 0 Å². The van der Waals surface area contributed by atoms with Crippen molar-refractivity contribution in [2.24, 2.45) is 0 Å². The molecule has 0 aliphatic heterocycles. The molecule has 0 spiro atoms. The minimum Gasteiger partial charge on any atom is -0.455 e. The van der Waals surface area contributed by atoms with E-state index >= 15 is 0 Å². The maximum atomic E-state index is 9.09. The lowest BCUT2D eigenvalue weighted by molar-refractivity contribution is 0.670. The number of furan rings is 1. The van der Waals surface area contributed by atoms with E-state index in [0.29, 0.717) is 10.9 Å². The molecule has 0 N–H and O–H groups in total. The van der Waals surface area contributed by atoms with E-state index in [2.05, 4.69) is 0 Å². The third kappa shape index (κ3) is 2.66. The van der Waals surface area contributed by atoms with Crippen molar-refractivity contribution in [1.82, 2.24) is 0 Å². The van der Waals surface area contributed by atoms with Crippen LogP contribution in [0.15, 0.2) is 125 Å². The normalized spacial score (nSPS) is 16.7. The molecule has 1 aromatic heterocycles. The molecular weight excluding hydrogens is 400 g/mol. The second-order valence-electron chi connectivity index (χ2n) is 7.60. The number of hydrogen-bond donors (Lipinski definition) is 0. The van der Waals surface area contributed by atoms with Crippen LogP contribution in [0.5, 0.6) is 0 Å². The lowest BCUT2D eigenvalue weighted by atomic mass is 9.85. The van der Waals surface area contributed by atoms with Gasteiger partial charge >= 0.3 is 0 Å². The molecule has 1 nitrogen and oxygen atoms in total. The van der Waals surface area contributed by atoms with Gasteiger partial charge in [-0.05, 0) is 38.7 Å². The average Bonchev–Trinajstić information content (AvgIpc) is 3.45. The van der Waals surface area contributed by atoms with Crippen molar-refractivity contribution in [2.45, 2.75) is 0 Å². The Morgan fingerprint density at radius 3 is 1.73 bits per heavy atom. The van der Waals surface area contributed by atoms with Gasteiger partial charge in [0, 0.05) is 21.9 Å². The Labute approximate surface area is 208 Å². The lowest BCUT2D eigenvalue weighted by Gasteiger charge is -2.17. The van der Waals surface area contributed by atoms with Crippen molar-refractivity contribution in [3.8, 4) is 22.3 Å². The number of benzene rings is 6. The Kier molecular flexibility index (Phi) is 2.16. The molecule has 0 saturated carbocycles. The molecule has 0 saturated heterocycles. The van der Waals surface area contributed by atoms with Crippen LogP contribution >= 0.6 is 0 Å². The first kappa shape index (κ1) is 10.1. The van der Waals surface area contributed by atoms with Crippen molar-refractivity contribution in [3.63, 3.8) is 0 Å². The molecule has 154 valence electrons. The average molecular weight is 433 g/mol. The second kappa shape index (κ2) is 7.08. The van der Waals surface area contributed by atoms with E-state index in [4.69, 9.17) is 20.9 Å². The third-order valence-electron chi connectivity index (χ3n) is 5.85. The zero-order chi connectivity index (χ0) is 32.2. The maximum Gasteiger partial charge on any atom is 0.143 e. The predicted octanol–water partition coefficient (Wildman–Crippen LogP) is 9.23. The number of para-hydroxylation sites is 2. The molecule has 6 aromatic carbocycles. The zero-order valence-electron chi connectivity index (χ0n) is 29.0. The highest BCUT2D eigenvalue weighted by Gasteiger charge is 2.19. The minimum atomic E-state index is -0.538. The fourth-order valence-electron chi connectivity index (χ4n) is 4.50. The predicted molar refractivity (Wildman–Crippen MR) is 140 cm³/mol. The zero-order valence-corrected chi connectivity index (χ0v) is 17.0. The Bertz CT molecular complexity index is 2370. The summed E-state index contributed by atoms with van der Waals surface area (Å²) in [7, 11) is 0. The molecule has 33 heavy (non-hydrogen) atoms. The summed E-state index contributed by atoms with van der Waals surface area (Å²) in [6.45, 7) is 0. The van der Waals surface area contributed by atoms with Crippen LogP contribution < -0.4 is 0 Å². The van der Waals surface area contributed by atoms with Crippen LogP contribution in [0.2, 0.25) is 0 Å². The molecule has 0 atom stereocenters. The van der Waals surface area contributed by atoms with Crippen molar-refractivity contribution in [1.29, 1.82) is 0 Å². The smallest absolute Gasteiger partial charge is 0.143 e. The van der Waals surface area contributed by atoms with E-state index in [9.17, 15) is 0 Å². The van der Waals surface area contributed by atoms with Gasteiger partial charge in [-0.2, -0.15) is 0 Å². The molecule has 0 bridgehead atoms. The van der Waals surface area contributed by atoms with Gasteiger partial charge in [-0.3, -0.25) is 0 Å². The minimum absolute atomic E-state index is 0.00453. The van der Waals surface area contributed by atoms with Gasteiger partial charge in [0.2, 0.25) is 0 Å². The molecule has 1 heteroatoms. The first-order valence-corrected chi connectivity index (χ1v) is 10.3. The molecule has 0 unspecified atom stereocenters. The van der Waals surface area contributed by atoms with Crippen molar-refractivity contribution >= 4 is 43.5 Å². The van der Waals surface area contributed by atoms with Crippen LogP contribution in [0.1, 0.15) is 16.4 Å². The van der Waals surface area contributed by atoms with Gasteiger partial charge in [0.1, 0.15) is 11.2 Å². The Morgan fingerprint density at radius 1 is 0.485 bits per heavy atom. The summed E-state index contributed by atoms with van der Waals surface area (Å²) in [5.41, 5.74) is 0.944. The summed E-state index contributed by atoms with van der Waals surface area (Å²) >= 11 is 0. The van der Waals surface area contributed by atoms with Gasteiger partial charge in [0.15, 0.2) is 0 Å². The molecule has 0 aliphatic rings. The monoisotopic (exact) mass is 432 g/mol. The number of fused-ring (bicyclic) bond motifs is 5. The van der Waals surface area contributed by atoms with Gasteiger partial charge < -0.3 is 4.42 Å². The van der Waals surface area contributed by atoms with E-state index in [1.807, 2.05) is 0 Å².